The number of benzene rings is 2. The highest BCUT2D eigenvalue weighted by atomic mass is 32.1. The Labute approximate surface area is 127 Å². The van der Waals surface area contributed by atoms with E-state index in [4.69, 9.17) is 15.5 Å². The fourth-order valence-corrected chi connectivity index (χ4v) is 3.53. The van der Waals surface area contributed by atoms with E-state index in [0.717, 1.165) is 27.7 Å². The Balaban J connectivity index is 1.68. The summed E-state index contributed by atoms with van der Waals surface area (Å²) in [5.74, 6) is 1.22. The Morgan fingerprint density at radius 3 is 2.76 bits per heavy atom. The summed E-state index contributed by atoms with van der Waals surface area (Å²) in [5.41, 5.74) is 9.83. The van der Waals surface area contributed by atoms with Crippen molar-refractivity contribution in [3.63, 3.8) is 0 Å². The first-order chi connectivity index (χ1) is 10.3. The third kappa shape index (κ3) is 2.17. The molecule has 2 aromatic carbocycles. The van der Waals surface area contributed by atoms with Crippen molar-refractivity contribution in [1.29, 1.82) is 0 Å². The minimum atomic E-state index is 0.244. The van der Waals surface area contributed by atoms with Crippen molar-refractivity contribution in [2.24, 2.45) is 0 Å². The van der Waals surface area contributed by atoms with Crippen LogP contribution in [0.1, 0.15) is 16.5 Å². The number of hydrogen-bond donors (Lipinski definition) is 1. The van der Waals surface area contributed by atoms with Gasteiger partial charge in [0.05, 0.1) is 11.6 Å². The van der Waals surface area contributed by atoms with Crippen molar-refractivity contribution in [2.75, 3.05) is 12.3 Å². The van der Waals surface area contributed by atoms with Gasteiger partial charge in [0, 0.05) is 22.2 Å². The molecule has 4 rings (SSSR count). The molecule has 0 amide bonds. The third-order valence-electron chi connectivity index (χ3n) is 3.73. The first-order valence-corrected chi connectivity index (χ1v) is 7.72. The molecule has 1 atom stereocenters. The Morgan fingerprint density at radius 1 is 1.10 bits per heavy atom. The van der Waals surface area contributed by atoms with Gasteiger partial charge in [0.2, 0.25) is 0 Å². The number of aromatic nitrogens is 1. The van der Waals surface area contributed by atoms with E-state index in [2.05, 4.69) is 17.5 Å². The molecule has 0 saturated carbocycles. The van der Waals surface area contributed by atoms with Crippen LogP contribution in [0, 0.1) is 0 Å². The molecule has 104 valence electrons. The van der Waals surface area contributed by atoms with Crippen LogP contribution in [0.4, 0.5) is 5.69 Å². The molecule has 21 heavy (non-hydrogen) atoms. The Hall–Kier alpha value is -2.33. The van der Waals surface area contributed by atoms with Gasteiger partial charge in [-0.3, -0.25) is 0 Å². The van der Waals surface area contributed by atoms with E-state index in [1.807, 2.05) is 36.4 Å². The number of nitrogen functional groups attached to an aromatic ring is 1. The van der Waals surface area contributed by atoms with Gasteiger partial charge in [0.15, 0.2) is 0 Å². The molecule has 1 aliphatic heterocycles. The largest absolute Gasteiger partial charge is 0.492 e. The van der Waals surface area contributed by atoms with Gasteiger partial charge in [-0.05, 0) is 18.2 Å². The molecule has 1 aliphatic rings. The van der Waals surface area contributed by atoms with Crippen LogP contribution in [0.5, 0.6) is 5.75 Å². The summed E-state index contributed by atoms with van der Waals surface area (Å²) in [7, 11) is 0. The second-order valence-electron chi connectivity index (χ2n) is 5.09. The van der Waals surface area contributed by atoms with Gasteiger partial charge in [-0.1, -0.05) is 30.3 Å². The molecule has 3 nitrogen and oxygen atoms in total. The average molecular weight is 294 g/mol. The maximum Gasteiger partial charge on any atom is 0.123 e. The van der Waals surface area contributed by atoms with E-state index >= 15 is 0 Å². The average Bonchev–Trinajstić information content (AvgIpc) is 3.14. The molecular formula is C17H14N2OS. The van der Waals surface area contributed by atoms with Crippen molar-refractivity contribution in [3.8, 4) is 17.0 Å². The van der Waals surface area contributed by atoms with Gasteiger partial charge >= 0.3 is 0 Å². The predicted octanol–water partition coefficient (Wildman–Crippen LogP) is 3.92. The normalized spacial score (nSPS) is 16.5. The van der Waals surface area contributed by atoms with Gasteiger partial charge in [0.1, 0.15) is 17.4 Å². The highest BCUT2D eigenvalue weighted by molar-refractivity contribution is 7.10. The maximum atomic E-state index is 5.75. The lowest BCUT2D eigenvalue weighted by molar-refractivity contribution is 0.343. The second-order valence-corrected chi connectivity index (χ2v) is 5.98. The van der Waals surface area contributed by atoms with Gasteiger partial charge in [-0.15, -0.1) is 11.3 Å². The van der Waals surface area contributed by atoms with Crippen LogP contribution in [0.3, 0.4) is 0 Å². The summed E-state index contributed by atoms with van der Waals surface area (Å²) in [6.45, 7) is 0.675. The predicted molar refractivity (Wildman–Crippen MR) is 85.7 cm³/mol. The maximum absolute atomic E-state index is 5.75. The topological polar surface area (TPSA) is 48.1 Å². The minimum Gasteiger partial charge on any atom is -0.492 e. The van der Waals surface area contributed by atoms with Crippen LogP contribution in [-0.4, -0.2) is 11.6 Å². The Kier molecular flexibility index (Phi) is 2.89. The summed E-state index contributed by atoms with van der Waals surface area (Å²) < 4.78 is 5.75. The van der Waals surface area contributed by atoms with Crippen molar-refractivity contribution in [3.05, 3.63) is 64.5 Å². The number of para-hydroxylation sites is 1. The molecule has 0 aliphatic carbocycles. The molecule has 0 radical (unpaired) electrons. The van der Waals surface area contributed by atoms with Crippen molar-refractivity contribution in [2.45, 2.75) is 5.92 Å². The number of anilines is 1. The molecule has 2 heterocycles. The Bertz CT molecular complexity index is 779. The van der Waals surface area contributed by atoms with Crippen LogP contribution in [0.25, 0.3) is 11.3 Å². The van der Waals surface area contributed by atoms with E-state index in [9.17, 15) is 0 Å². The highest BCUT2D eigenvalue weighted by Crippen LogP contribution is 2.39. The first-order valence-electron chi connectivity index (χ1n) is 6.84. The molecule has 0 fully saturated rings. The number of nitrogens with two attached hydrogens (primary N) is 1. The van der Waals surface area contributed by atoms with Gasteiger partial charge < -0.3 is 10.5 Å². The third-order valence-corrected chi connectivity index (χ3v) is 4.68. The lowest BCUT2D eigenvalue weighted by Crippen LogP contribution is -2.01. The van der Waals surface area contributed by atoms with E-state index in [1.54, 1.807) is 11.3 Å². The van der Waals surface area contributed by atoms with Crippen LogP contribution >= 0.6 is 11.3 Å². The van der Waals surface area contributed by atoms with Crippen LogP contribution < -0.4 is 10.5 Å². The molecular weight excluding hydrogens is 280 g/mol. The highest BCUT2D eigenvalue weighted by Gasteiger charge is 2.27. The summed E-state index contributed by atoms with van der Waals surface area (Å²) >= 11 is 1.69. The quantitative estimate of drug-likeness (QED) is 0.729. The van der Waals surface area contributed by atoms with Crippen LogP contribution in [0.2, 0.25) is 0 Å². The second kappa shape index (κ2) is 4.90. The van der Waals surface area contributed by atoms with Crippen LogP contribution in [0.15, 0.2) is 53.9 Å². The van der Waals surface area contributed by atoms with Crippen molar-refractivity contribution < 1.29 is 4.74 Å². The minimum absolute atomic E-state index is 0.244. The van der Waals surface area contributed by atoms with Crippen LogP contribution in [-0.2, 0) is 0 Å². The molecule has 0 saturated heterocycles. The van der Waals surface area contributed by atoms with E-state index < -0.39 is 0 Å². The number of ether oxygens (including phenoxy) is 1. The van der Waals surface area contributed by atoms with E-state index in [0.29, 0.717) is 6.61 Å². The molecule has 1 unspecified atom stereocenters. The lowest BCUT2D eigenvalue weighted by Gasteiger charge is -2.04. The fourth-order valence-electron chi connectivity index (χ4n) is 2.60. The first kappa shape index (κ1) is 12.4. The van der Waals surface area contributed by atoms with Gasteiger partial charge in [-0.2, -0.15) is 0 Å². The fraction of sp³-hybridized carbons (Fsp3) is 0.118. The smallest absolute Gasteiger partial charge is 0.123 e. The van der Waals surface area contributed by atoms with Gasteiger partial charge in [0.25, 0.3) is 0 Å². The summed E-state index contributed by atoms with van der Waals surface area (Å²) in [6, 6.07) is 16.0. The zero-order chi connectivity index (χ0) is 14.2. The molecule has 0 bridgehead atoms. The van der Waals surface area contributed by atoms with Gasteiger partial charge in [-0.25, -0.2) is 4.98 Å². The summed E-state index contributed by atoms with van der Waals surface area (Å²) in [5, 5.41) is 3.20. The monoisotopic (exact) mass is 294 g/mol. The number of hydrogen-bond acceptors (Lipinski definition) is 4. The number of rotatable bonds is 2. The number of fused-ring (bicyclic) bond motifs is 1. The molecule has 0 spiro atoms. The standard InChI is InChI=1S/C17H14N2OS/c18-12-7-5-11(6-8-12)15-10-21-17(19-15)14-9-20-16-4-2-1-3-13(14)16/h1-8,10,14H,9,18H2. The van der Waals surface area contributed by atoms with E-state index in [1.165, 1.54) is 5.56 Å². The molecule has 2 N–H and O–H groups in total. The van der Waals surface area contributed by atoms with Crippen molar-refractivity contribution >= 4 is 17.0 Å². The lowest BCUT2D eigenvalue weighted by atomic mass is 10.0. The summed E-state index contributed by atoms with van der Waals surface area (Å²) in [6.07, 6.45) is 0. The zero-order valence-electron chi connectivity index (χ0n) is 11.3. The molecule has 4 heteroatoms. The van der Waals surface area contributed by atoms with Crippen molar-refractivity contribution in [1.82, 2.24) is 4.98 Å². The summed E-state index contributed by atoms with van der Waals surface area (Å²) in [4.78, 5) is 4.79. The molecule has 3 aromatic rings. The molecule has 1 aromatic heterocycles. The SMILES string of the molecule is Nc1ccc(-c2csc(C3COc4ccccc43)n2)cc1. The number of thiazole rings is 1. The van der Waals surface area contributed by atoms with E-state index in [-0.39, 0.29) is 5.92 Å². The Morgan fingerprint density at radius 2 is 1.90 bits per heavy atom. The zero-order valence-corrected chi connectivity index (χ0v) is 12.1. The number of nitrogens with zero attached hydrogens (tertiary/aromatic N) is 1.